The zero-order valence-corrected chi connectivity index (χ0v) is 15.2. The Balaban J connectivity index is 1.49. The van der Waals surface area contributed by atoms with Gasteiger partial charge in [-0.25, -0.2) is 0 Å². The maximum Gasteiger partial charge on any atom is 0.241 e. The molecule has 2 heterocycles. The van der Waals surface area contributed by atoms with E-state index in [-0.39, 0.29) is 11.9 Å². The minimum atomic E-state index is -0.103. The lowest BCUT2D eigenvalue weighted by atomic mass is 10.2. The molecular weight excluding hydrogens is 318 g/mol. The molecule has 1 N–H and O–H groups in total. The zero-order chi connectivity index (χ0) is 16.9. The van der Waals surface area contributed by atoms with Crippen LogP contribution in [0.15, 0.2) is 41.1 Å². The average molecular weight is 343 g/mol. The Labute approximate surface area is 148 Å². The molecule has 1 amide bonds. The summed E-state index contributed by atoms with van der Waals surface area (Å²) in [6.07, 6.45) is 0. The largest absolute Gasteiger partial charge is 0.325 e. The van der Waals surface area contributed by atoms with E-state index in [1.807, 2.05) is 38.1 Å². The van der Waals surface area contributed by atoms with Crippen LogP contribution in [0.2, 0.25) is 0 Å². The maximum absolute atomic E-state index is 12.5. The van der Waals surface area contributed by atoms with Crippen molar-refractivity contribution in [1.29, 1.82) is 0 Å². The van der Waals surface area contributed by atoms with Crippen LogP contribution in [0.4, 0.5) is 5.69 Å². The van der Waals surface area contributed by atoms with Gasteiger partial charge in [0, 0.05) is 38.4 Å². The average Bonchev–Trinajstić information content (AvgIpc) is 3.08. The smallest absolute Gasteiger partial charge is 0.241 e. The summed E-state index contributed by atoms with van der Waals surface area (Å²) in [6.45, 7) is 8.95. The second kappa shape index (κ2) is 7.92. The summed E-state index contributed by atoms with van der Waals surface area (Å²) in [7, 11) is 0. The van der Waals surface area contributed by atoms with Crippen LogP contribution in [0.3, 0.4) is 0 Å². The molecule has 5 heteroatoms. The van der Waals surface area contributed by atoms with E-state index in [1.165, 1.54) is 5.56 Å². The number of aryl methyl sites for hydroxylation is 1. The number of amides is 1. The number of rotatable bonds is 5. The lowest BCUT2D eigenvalue weighted by Crippen LogP contribution is -2.52. The Hall–Kier alpha value is -1.69. The minimum Gasteiger partial charge on any atom is -0.325 e. The van der Waals surface area contributed by atoms with Gasteiger partial charge in [0.25, 0.3) is 0 Å². The fourth-order valence-corrected chi connectivity index (χ4v) is 3.74. The molecule has 128 valence electrons. The first-order valence-electron chi connectivity index (χ1n) is 8.47. The standard InChI is InChI=1S/C19H25N3OS/c1-15-4-3-5-18(12-15)20-19(23)16(2)22-9-7-21(8-10-22)13-17-6-11-24-14-17/h3-6,11-12,14,16H,7-10,13H2,1-2H3,(H,20,23). The lowest BCUT2D eigenvalue weighted by Gasteiger charge is -2.37. The number of thiophene rings is 1. The quantitative estimate of drug-likeness (QED) is 0.905. The van der Waals surface area contributed by atoms with E-state index < -0.39 is 0 Å². The first-order valence-corrected chi connectivity index (χ1v) is 9.41. The summed E-state index contributed by atoms with van der Waals surface area (Å²) in [6, 6.07) is 10.0. The number of hydrogen-bond acceptors (Lipinski definition) is 4. The number of nitrogens with zero attached hydrogens (tertiary/aromatic N) is 2. The van der Waals surface area contributed by atoms with Gasteiger partial charge in [-0.3, -0.25) is 14.6 Å². The zero-order valence-electron chi connectivity index (χ0n) is 14.4. The molecule has 1 aromatic heterocycles. The normalized spacial score (nSPS) is 17.6. The van der Waals surface area contributed by atoms with E-state index in [9.17, 15) is 4.79 Å². The number of anilines is 1. The van der Waals surface area contributed by atoms with Crippen molar-refractivity contribution >= 4 is 22.9 Å². The molecule has 0 spiro atoms. The van der Waals surface area contributed by atoms with E-state index in [4.69, 9.17) is 0 Å². The Kier molecular flexibility index (Phi) is 5.66. The van der Waals surface area contributed by atoms with Crippen LogP contribution in [0.25, 0.3) is 0 Å². The highest BCUT2D eigenvalue weighted by Gasteiger charge is 2.25. The van der Waals surface area contributed by atoms with Gasteiger partial charge in [0.2, 0.25) is 5.91 Å². The molecule has 0 saturated carbocycles. The van der Waals surface area contributed by atoms with Crippen molar-refractivity contribution in [3.63, 3.8) is 0 Å². The minimum absolute atomic E-state index is 0.0758. The number of carbonyl (C=O) groups is 1. The van der Waals surface area contributed by atoms with E-state index >= 15 is 0 Å². The summed E-state index contributed by atoms with van der Waals surface area (Å²) in [4.78, 5) is 17.2. The van der Waals surface area contributed by atoms with Crippen LogP contribution in [0.1, 0.15) is 18.1 Å². The number of nitrogens with one attached hydrogen (secondary N) is 1. The van der Waals surface area contributed by atoms with Crippen LogP contribution in [-0.2, 0) is 11.3 Å². The van der Waals surface area contributed by atoms with Crippen LogP contribution in [0, 0.1) is 6.92 Å². The van der Waals surface area contributed by atoms with Gasteiger partial charge in [0.05, 0.1) is 6.04 Å². The monoisotopic (exact) mass is 343 g/mol. The van der Waals surface area contributed by atoms with Crippen LogP contribution in [-0.4, -0.2) is 47.9 Å². The summed E-state index contributed by atoms with van der Waals surface area (Å²) >= 11 is 1.75. The molecule has 2 aromatic rings. The number of hydrogen-bond donors (Lipinski definition) is 1. The highest BCUT2D eigenvalue weighted by Crippen LogP contribution is 2.15. The van der Waals surface area contributed by atoms with Crippen molar-refractivity contribution in [2.75, 3.05) is 31.5 Å². The molecular formula is C19H25N3OS. The first kappa shape index (κ1) is 17.1. The maximum atomic E-state index is 12.5. The van der Waals surface area contributed by atoms with Gasteiger partial charge in [-0.2, -0.15) is 11.3 Å². The van der Waals surface area contributed by atoms with Crippen LogP contribution < -0.4 is 5.32 Å². The topological polar surface area (TPSA) is 35.6 Å². The molecule has 1 aliphatic rings. The molecule has 1 saturated heterocycles. The van der Waals surface area contributed by atoms with Gasteiger partial charge in [-0.1, -0.05) is 12.1 Å². The van der Waals surface area contributed by atoms with Gasteiger partial charge in [-0.05, 0) is 53.9 Å². The van der Waals surface area contributed by atoms with Gasteiger partial charge < -0.3 is 5.32 Å². The van der Waals surface area contributed by atoms with Crippen molar-refractivity contribution in [2.45, 2.75) is 26.4 Å². The number of carbonyl (C=O) groups excluding carboxylic acids is 1. The predicted octanol–water partition coefficient (Wildman–Crippen LogP) is 3.20. The SMILES string of the molecule is Cc1cccc(NC(=O)C(C)N2CCN(Cc3ccsc3)CC2)c1. The Morgan fingerprint density at radius 3 is 2.71 bits per heavy atom. The Morgan fingerprint density at radius 2 is 2.04 bits per heavy atom. The van der Waals surface area contributed by atoms with Crippen LogP contribution >= 0.6 is 11.3 Å². The fourth-order valence-electron chi connectivity index (χ4n) is 3.08. The summed E-state index contributed by atoms with van der Waals surface area (Å²) in [5.74, 6) is 0.0758. The molecule has 0 bridgehead atoms. The molecule has 0 aliphatic carbocycles. The highest BCUT2D eigenvalue weighted by molar-refractivity contribution is 7.07. The van der Waals surface area contributed by atoms with Gasteiger partial charge in [0.1, 0.15) is 0 Å². The Bertz CT molecular complexity index is 663. The third-order valence-corrected chi connectivity index (χ3v) is 5.34. The van der Waals surface area contributed by atoms with Crippen molar-refractivity contribution in [2.24, 2.45) is 0 Å². The molecule has 0 radical (unpaired) electrons. The summed E-state index contributed by atoms with van der Waals surface area (Å²) in [5.41, 5.74) is 3.42. The molecule has 24 heavy (non-hydrogen) atoms. The number of benzene rings is 1. The van der Waals surface area contributed by atoms with Crippen molar-refractivity contribution in [3.8, 4) is 0 Å². The second-order valence-corrected chi connectivity index (χ2v) is 7.26. The molecule has 1 unspecified atom stereocenters. The molecule has 3 rings (SSSR count). The second-order valence-electron chi connectivity index (χ2n) is 6.48. The Morgan fingerprint density at radius 1 is 1.25 bits per heavy atom. The van der Waals surface area contributed by atoms with Crippen molar-refractivity contribution in [1.82, 2.24) is 9.80 Å². The third-order valence-electron chi connectivity index (χ3n) is 4.61. The van der Waals surface area contributed by atoms with E-state index in [0.29, 0.717) is 0 Å². The van der Waals surface area contributed by atoms with Crippen molar-refractivity contribution < 1.29 is 4.79 Å². The molecule has 1 atom stereocenters. The van der Waals surface area contributed by atoms with Gasteiger partial charge in [0.15, 0.2) is 0 Å². The van der Waals surface area contributed by atoms with Gasteiger partial charge in [-0.15, -0.1) is 0 Å². The molecule has 4 nitrogen and oxygen atoms in total. The molecule has 1 fully saturated rings. The highest BCUT2D eigenvalue weighted by atomic mass is 32.1. The predicted molar refractivity (Wildman–Crippen MR) is 100 cm³/mol. The lowest BCUT2D eigenvalue weighted by molar-refractivity contribution is -0.121. The fraction of sp³-hybridized carbons (Fsp3) is 0.421. The van der Waals surface area contributed by atoms with E-state index in [2.05, 4.69) is 31.9 Å². The van der Waals surface area contributed by atoms with Crippen molar-refractivity contribution in [3.05, 3.63) is 52.2 Å². The molecule has 1 aliphatic heterocycles. The summed E-state index contributed by atoms with van der Waals surface area (Å²) < 4.78 is 0. The first-order chi connectivity index (χ1) is 11.6. The third kappa shape index (κ3) is 4.44. The van der Waals surface area contributed by atoms with E-state index in [1.54, 1.807) is 11.3 Å². The van der Waals surface area contributed by atoms with E-state index in [0.717, 1.165) is 44.0 Å². The van der Waals surface area contributed by atoms with Gasteiger partial charge >= 0.3 is 0 Å². The van der Waals surface area contributed by atoms with Crippen LogP contribution in [0.5, 0.6) is 0 Å². The number of piperazine rings is 1. The summed E-state index contributed by atoms with van der Waals surface area (Å²) in [5, 5.41) is 7.38. The molecule has 1 aromatic carbocycles.